The van der Waals surface area contributed by atoms with Gasteiger partial charge in [0.05, 0.1) is 0 Å². The van der Waals surface area contributed by atoms with Crippen molar-refractivity contribution in [3.8, 4) is 0 Å². The molecule has 0 unspecified atom stereocenters. The van der Waals surface area contributed by atoms with Crippen molar-refractivity contribution in [1.82, 2.24) is 0 Å². The lowest BCUT2D eigenvalue weighted by molar-refractivity contribution is 0.611. The van der Waals surface area contributed by atoms with Crippen LogP contribution in [0.2, 0.25) is 0 Å². The summed E-state index contributed by atoms with van der Waals surface area (Å²) >= 11 is 0. The molecule has 0 saturated heterocycles. The zero-order valence-electron chi connectivity index (χ0n) is 12.0. The van der Waals surface area contributed by atoms with Crippen LogP contribution >= 0.6 is 0 Å². The van der Waals surface area contributed by atoms with E-state index in [2.05, 4.69) is 6.07 Å². The summed E-state index contributed by atoms with van der Waals surface area (Å²) in [6.45, 7) is 0. The Labute approximate surface area is 129 Å². The first-order valence-electron chi connectivity index (χ1n) is 7.19. The van der Waals surface area contributed by atoms with Gasteiger partial charge in [0.1, 0.15) is 11.6 Å². The average molecular weight is 293 g/mol. The van der Waals surface area contributed by atoms with Crippen LogP contribution in [-0.2, 0) is 12.8 Å². The van der Waals surface area contributed by atoms with E-state index >= 15 is 0 Å². The SMILES string of the molecule is Fc1ccccc1Cc1[c]cccc1Cc1ccccc1F. The van der Waals surface area contributed by atoms with Crippen LogP contribution in [0.25, 0.3) is 0 Å². The third-order valence-corrected chi connectivity index (χ3v) is 3.70. The average Bonchev–Trinajstić information content (AvgIpc) is 2.53. The normalized spacial score (nSPS) is 10.6. The lowest BCUT2D eigenvalue weighted by atomic mass is 9.95. The van der Waals surface area contributed by atoms with Gasteiger partial charge < -0.3 is 0 Å². The third kappa shape index (κ3) is 3.22. The predicted octanol–water partition coefficient (Wildman–Crippen LogP) is 4.95. The Balaban J connectivity index is 1.91. The van der Waals surface area contributed by atoms with Crippen LogP contribution in [0, 0.1) is 17.7 Å². The van der Waals surface area contributed by atoms with E-state index in [1.807, 2.05) is 24.3 Å². The van der Waals surface area contributed by atoms with E-state index < -0.39 is 0 Å². The van der Waals surface area contributed by atoms with Crippen LogP contribution in [0.5, 0.6) is 0 Å². The van der Waals surface area contributed by atoms with Crippen molar-refractivity contribution >= 4 is 0 Å². The molecule has 0 amide bonds. The summed E-state index contributed by atoms with van der Waals surface area (Å²) in [5.41, 5.74) is 3.13. The molecule has 0 N–H and O–H groups in total. The molecule has 0 aliphatic carbocycles. The zero-order valence-corrected chi connectivity index (χ0v) is 12.0. The minimum Gasteiger partial charge on any atom is -0.207 e. The van der Waals surface area contributed by atoms with E-state index in [1.54, 1.807) is 30.3 Å². The van der Waals surface area contributed by atoms with Crippen LogP contribution < -0.4 is 0 Å². The van der Waals surface area contributed by atoms with E-state index in [0.717, 1.165) is 11.1 Å². The van der Waals surface area contributed by atoms with Gasteiger partial charge in [-0.05, 0) is 40.5 Å². The first kappa shape index (κ1) is 14.5. The molecule has 0 nitrogen and oxygen atoms in total. The lowest BCUT2D eigenvalue weighted by Gasteiger charge is -2.10. The fourth-order valence-electron chi connectivity index (χ4n) is 2.52. The molecule has 109 valence electrons. The molecule has 0 fully saturated rings. The summed E-state index contributed by atoms with van der Waals surface area (Å²) in [5, 5.41) is 0. The van der Waals surface area contributed by atoms with Crippen LogP contribution in [0.4, 0.5) is 8.78 Å². The quantitative estimate of drug-likeness (QED) is 0.638. The van der Waals surface area contributed by atoms with Gasteiger partial charge >= 0.3 is 0 Å². The number of hydrogen-bond acceptors (Lipinski definition) is 0. The monoisotopic (exact) mass is 293 g/mol. The largest absolute Gasteiger partial charge is 0.207 e. The molecule has 0 aliphatic heterocycles. The van der Waals surface area contributed by atoms with Crippen molar-refractivity contribution in [2.75, 3.05) is 0 Å². The van der Waals surface area contributed by atoms with Gasteiger partial charge in [0.25, 0.3) is 0 Å². The Morgan fingerprint density at radius 1 is 0.636 bits per heavy atom. The smallest absolute Gasteiger partial charge is 0.126 e. The van der Waals surface area contributed by atoms with Crippen LogP contribution in [0.15, 0.2) is 66.7 Å². The maximum atomic E-state index is 13.8. The maximum absolute atomic E-state index is 13.8. The van der Waals surface area contributed by atoms with E-state index in [9.17, 15) is 8.78 Å². The predicted molar refractivity (Wildman–Crippen MR) is 83.7 cm³/mol. The molecule has 0 aliphatic rings. The Morgan fingerprint density at radius 2 is 1.18 bits per heavy atom. The van der Waals surface area contributed by atoms with Gasteiger partial charge in [-0.2, -0.15) is 0 Å². The molecule has 2 heteroatoms. The second-order valence-corrected chi connectivity index (χ2v) is 5.21. The Kier molecular flexibility index (Phi) is 4.29. The van der Waals surface area contributed by atoms with Gasteiger partial charge in [0.15, 0.2) is 0 Å². The van der Waals surface area contributed by atoms with Crippen molar-refractivity contribution in [1.29, 1.82) is 0 Å². The van der Waals surface area contributed by atoms with E-state index in [-0.39, 0.29) is 11.6 Å². The topological polar surface area (TPSA) is 0 Å². The summed E-state index contributed by atoms with van der Waals surface area (Å²) in [5.74, 6) is -0.445. The van der Waals surface area contributed by atoms with E-state index in [0.29, 0.717) is 24.0 Å². The molecular formula is C20H15F2. The molecule has 0 heterocycles. The van der Waals surface area contributed by atoms with Crippen molar-refractivity contribution in [3.63, 3.8) is 0 Å². The molecule has 3 aromatic rings. The Morgan fingerprint density at radius 3 is 1.82 bits per heavy atom. The van der Waals surface area contributed by atoms with Crippen LogP contribution in [0.3, 0.4) is 0 Å². The van der Waals surface area contributed by atoms with Gasteiger partial charge in [-0.15, -0.1) is 0 Å². The zero-order chi connectivity index (χ0) is 15.4. The van der Waals surface area contributed by atoms with Gasteiger partial charge in [-0.25, -0.2) is 8.78 Å². The second kappa shape index (κ2) is 6.52. The van der Waals surface area contributed by atoms with Gasteiger partial charge in [-0.1, -0.05) is 54.6 Å². The summed E-state index contributed by atoms with van der Waals surface area (Å²) in [6, 6.07) is 22.2. The Hall–Kier alpha value is -2.48. The molecule has 0 spiro atoms. The highest BCUT2D eigenvalue weighted by molar-refractivity contribution is 5.36. The van der Waals surface area contributed by atoms with Crippen LogP contribution in [-0.4, -0.2) is 0 Å². The first-order valence-corrected chi connectivity index (χ1v) is 7.19. The fraction of sp³-hybridized carbons (Fsp3) is 0.100. The first-order chi connectivity index (χ1) is 10.7. The molecule has 3 aromatic carbocycles. The number of hydrogen-bond donors (Lipinski definition) is 0. The lowest BCUT2D eigenvalue weighted by Crippen LogP contribution is -2.00. The number of rotatable bonds is 4. The van der Waals surface area contributed by atoms with Gasteiger partial charge in [0.2, 0.25) is 0 Å². The highest BCUT2D eigenvalue weighted by Crippen LogP contribution is 2.20. The summed E-state index contributed by atoms with van der Waals surface area (Å²) in [4.78, 5) is 0. The highest BCUT2D eigenvalue weighted by Gasteiger charge is 2.09. The highest BCUT2D eigenvalue weighted by atomic mass is 19.1. The molecule has 0 aromatic heterocycles. The number of halogens is 2. The summed E-state index contributed by atoms with van der Waals surface area (Å²) in [7, 11) is 0. The van der Waals surface area contributed by atoms with Crippen molar-refractivity contribution < 1.29 is 8.78 Å². The molecule has 0 saturated carbocycles. The van der Waals surface area contributed by atoms with Crippen molar-refractivity contribution in [2.45, 2.75) is 12.8 Å². The molecule has 1 radical (unpaired) electrons. The second-order valence-electron chi connectivity index (χ2n) is 5.21. The molecule has 3 rings (SSSR count). The van der Waals surface area contributed by atoms with Crippen molar-refractivity contribution in [2.24, 2.45) is 0 Å². The molecular weight excluding hydrogens is 278 g/mol. The minimum atomic E-state index is -0.225. The van der Waals surface area contributed by atoms with Gasteiger partial charge in [-0.3, -0.25) is 0 Å². The number of benzene rings is 3. The summed E-state index contributed by atoms with van der Waals surface area (Å²) in [6.07, 6.45) is 0.936. The standard InChI is InChI=1S/C20H15F2/c21-19-11-5-3-9-17(19)13-15-7-1-2-8-16(15)14-18-10-4-6-12-20(18)22/h1-7,9-12H,13-14H2. The minimum absolute atomic E-state index is 0.219. The maximum Gasteiger partial charge on any atom is 0.126 e. The Bertz CT molecular complexity index is 711. The fourth-order valence-corrected chi connectivity index (χ4v) is 2.52. The van der Waals surface area contributed by atoms with E-state index in [1.165, 1.54) is 12.1 Å². The van der Waals surface area contributed by atoms with E-state index in [4.69, 9.17) is 0 Å². The molecule has 22 heavy (non-hydrogen) atoms. The summed E-state index contributed by atoms with van der Waals surface area (Å²) < 4.78 is 27.7. The third-order valence-electron chi connectivity index (χ3n) is 3.70. The molecule has 0 atom stereocenters. The van der Waals surface area contributed by atoms with Gasteiger partial charge in [0, 0.05) is 12.8 Å². The molecule has 0 bridgehead atoms. The van der Waals surface area contributed by atoms with Crippen molar-refractivity contribution in [3.05, 3.63) is 107 Å². The van der Waals surface area contributed by atoms with Crippen LogP contribution in [0.1, 0.15) is 22.3 Å².